The smallest absolute Gasteiger partial charge is 0.138 e. The van der Waals surface area contributed by atoms with Gasteiger partial charge in [-0.15, -0.1) is 0 Å². The summed E-state index contributed by atoms with van der Waals surface area (Å²) < 4.78 is 0. The average molecular weight is 263 g/mol. The summed E-state index contributed by atoms with van der Waals surface area (Å²) in [6, 6.07) is 11.3. The third-order valence-electron chi connectivity index (χ3n) is 2.80. The topological polar surface area (TPSA) is 45.1 Å². The van der Waals surface area contributed by atoms with Crippen LogP contribution < -0.4 is 5.32 Å². The number of nitrogens with one attached hydrogen (secondary N) is 1. The first kappa shape index (κ1) is 12.9. The van der Waals surface area contributed by atoms with Crippen molar-refractivity contribution in [3.05, 3.63) is 58.9 Å². The van der Waals surface area contributed by atoms with Crippen LogP contribution in [0.2, 0.25) is 5.02 Å². The molecule has 0 radical (unpaired) electrons. The molecule has 18 heavy (non-hydrogen) atoms. The number of nitrogens with zero attached hydrogens (tertiary/aromatic N) is 1. The maximum absolute atomic E-state index is 9.79. The minimum atomic E-state index is 0.115. The van der Waals surface area contributed by atoms with Gasteiger partial charge in [-0.1, -0.05) is 29.8 Å². The number of hydrogen-bond acceptors (Lipinski definition) is 3. The first-order chi connectivity index (χ1) is 8.68. The Bertz CT molecular complexity index is 516. The van der Waals surface area contributed by atoms with Crippen LogP contribution in [-0.4, -0.2) is 10.1 Å². The van der Waals surface area contributed by atoms with Gasteiger partial charge in [-0.25, -0.2) is 0 Å². The maximum Gasteiger partial charge on any atom is 0.138 e. The van der Waals surface area contributed by atoms with E-state index in [4.69, 9.17) is 11.6 Å². The fourth-order valence-corrected chi connectivity index (χ4v) is 1.90. The van der Waals surface area contributed by atoms with E-state index >= 15 is 0 Å². The fraction of sp³-hybridized carbons (Fsp3) is 0.214. The standard InChI is InChI=1S/C14H15ClN2O/c1-10(13-7-2-3-8-16-13)17-9-11-5-4-6-12(15)14(11)18/h2-8,10,17-18H,9H2,1H3/t10-/m1/s1. The highest BCUT2D eigenvalue weighted by molar-refractivity contribution is 6.32. The average Bonchev–Trinajstić information content (AvgIpc) is 2.41. The molecule has 0 unspecified atom stereocenters. The van der Waals surface area contributed by atoms with Gasteiger partial charge in [0, 0.05) is 24.3 Å². The predicted molar refractivity (Wildman–Crippen MR) is 72.6 cm³/mol. The number of aromatic nitrogens is 1. The van der Waals surface area contributed by atoms with Gasteiger partial charge in [-0.2, -0.15) is 0 Å². The van der Waals surface area contributed by atoms with E-state index in [1.165, 1.54) is 0 Å². The summed E-state index contributed by atoms with van der Waals surface area (Å²) in [7, 11) is 0. The second kappa shape index (κ2) is 5.85. The molecule has 0 aliphatic carbocycles. The molecule has 2 aromatic rings. The molecule has 0 spiro atoms. The lowest BCUT2D eigenvalue weighted by atomic mass is 10.1. The summed E-state index contributed by atoms with van der Waals surface area (Å²) in [6.07, 6.45) is 1.77. The largest absolute Gasteiger partial charge is 0.506 e. The fourth-order valence-electron chi connectivity index (χ4n) is 1.70. The summed E-state index contributed by atoms with van der Waals surface area (Å²) in [6.45, 7) is 2.58. The van der Waals surface area contributed by atoms with Crippen molar-refractivity contribution in [3.63, 3.8) is 0 Å². The van der Waals surface area contributed by atoms with Gasteiger partial charge in [0.2, 0.25) is 0 Å². The molecule has 2 N–H and O–H groups in total. The first-order valence-electron chi connectivity index (χ1n) is 5.79. The minimum absolute atomic E-state index is 0.115. The Labute approximate surface area is 111 Å². The summed E-state index contributed by atoms with van der Waals surface area (Å²) in [5.74, 6) is 0.139. The van der Waals surface area contributed by atoms with Crippen molar-refractivity contribution in [2.24, 2.45) is 0 Å². The molecule has 0 amide bonds. The van der Waals surface area contributed by atoms with E-state index in [1.54, 1.807) is 12.3 Å². The Morgan fingerprint density at radius 3 is 2.83 bits per heavy atom. The zero-order chi connectivity index (χ0) is 13.0. The number of para-hydroxylation sites is 1. The van der Waals surface area contributed by atoms with Crippen molar-refractivity contribution in [3.8, 4) is 5.75 Å². The first-order valence-corrected chi connectivity index (χ1v) is 6.17. The van der Waals surface area contributed by atoms with E-state index in [2.05, 4.69) is 10.3 Å². The van der Waals surface area contributed by atoms with Crippen molar-refractivity contribution in [1.82, 2.24) is 10.3 Å². The van der Waals surface area contributed by atoms with Crippen molar-refractivity contribution < 1.29 is 5.11 Å². The highest BCUT2D eigenvalue weighted by Gasteiger charge is 2.08. The Morgan fingerprint density at radius 2 is 2.11 bits per heavy atom. The van der Waals surface area contributed by atoms with Crippen LogP contribution in [0.5, 0.6) is 5.75 Å². The number of phenols is 1. The number of aromatic hydroxyl groups is 1. The second-order valence-electron chi connectivity index (χ2n) is 4.10. The Balaban J connectivity index is 2.02. The quantitative estimate of drug-likeness (QED) is 0.889. The molecule has 1 atom stereocenters. The molecule has 4 heteroatoms. The number of pyridine rings is 1. The number of halogens is 1. The summed E-state index contributed by atoms with van der Waals surface area (Å²) >= 11 is 5.86. The number of benzene rings is 1. The number of phenolic OH excluding ortho intramolecular Hbond substituents is 1. The molecule has 1 aromatic heterocycles. The van der Waals surface area contributed by atoms with Crippen molar-refractivity contribution in [2.45, 2.75) is 19.5 Å². The van der Waals surface area contributed by atoms with E-state index in [0.717, 1.165) is 11.3 Å². The third-order valence-corrected chi connectivity index (χ3v) is 3.11. The molecule has 94 valence electrons. The van der Waals surface area contributed by atoms with Crippen LogP contribution in [0, 0.1) is 0 Å². The summed E-state index contributed by atoms with van der Waals surface area (Å²) in [4.78, 5) is 4.28. The van der Waals surface area contributed by atoms with Crippen LogP contribution in [0.4, 0.5) is 0 Å². The number of hydrogen-bond donors (Lipinski definition) is 2. The monoisotopic (exact) mass is 262 g/mol. The molecular weight excluding hydrogens is 248 g/mol. The lowest BCUT2D eigenvalue weighted by Crippen LogP contribution is -2.19. The predicted octanol–water partition coefficient (Wildman–Crippen LogP) is 3.29. The molecule has 2 rings (SSSR count). The number of rotatable bonds is 4. The van der Waals surface area contributed by atoms with Gasteiger partial charge in [-0.3, -0.25) is 4.98 Å². The van der Waals surface area contributed by atoms with Crippen molar-refractivity contribution in [2.75, 3.05) is 0 Å². The Morgan fingerprint density at radius 1 is 1.28 bits per heavy atom. The SMILES string of the molecule is C[C@@H](NCc1cccc(Cl)c1O)c1ccccn1. The van der Waals surface area contributed by atoms with Crippen molar-refractivity contribution >= 4 is 11.6 Å². The Kier molecular flexibility index (Phi) is 4.18. The molecule has 3 nitrogen and oxygen atoms in total. The zero-order valence-electron chi connectivity index (χ0n) is 10.1. The normalized spacial score (nSPS) is 12.3. The van der Waals surface area contributed by atoms with Crippen molar-refractivity contribution in [1.29, 1.82) is 0 Å². The zero-order valence-corrected chi connectivity index (χ0v) is 10.9. The van der Waals surface area contributed by atoms with E-state index in [9.17, 15) is 5.11 Å². The van der Waals surface area contributed by atoms with Gasteiger partial charge < -0.3 is 10.4 Å². The summed E-state index contributed by atoms with van der Waals surface area (Å²) in [5.41, 5.74) is 1.75. The summed E-state index contributed by atoms with van der Waals surface area (Å²) in [5, 5.41) is 13.5. The van der Waals surface area contributed by atoms with Crippen LogP contribution in [0.1, 0.15) is 24.2 Å². The van der Waals surface area contributed by atoms with E-state index in [1.807, 2.05) is 37.3 Å². The highest BCUT2D eigenvalue weighted by Crippen LogP contribution is 2.27. The molecular formula is C14H15ClN2O. The van der Waals surface area contributed by atoms with Crippen LogP contribution >= 0.6 is 11.6 Å². The van der Waals surface area contributed by atoms with Gasteiger partial charge >= 0.3 is 0 Å². The van der Waals surface area contributed by atoms with Crippen LogP contribution in [0.3, 0.4) is 0 Å². The molecule has 0 bridgehead atoms. The highest BCUT2D eigenvalue weighted by atomic mass is 35.5. The molecule has 0 saturated carbocycles. The van der Waals surface area contributed by atoms with E-state index < -0.39 is 0 Å². The van der Waals surface area contributed by atoms with Crippen LogP contribution in [-0.2, 0) is 6.54 Å². The van der Waals surface area contributed by atoms with Gasteiger partial charge in [0.1, 0.15) is 5.75 Å². The van der Waals surface area contributed by atoms with Gasteiger partial charge in [0.15, 0.2) is 0 Å². The van der Waals surface area contributed by atoms with Gasteiger partial charge in [0.05, 0.1) is 10.7 Å². The lowest BCUT2D eigenvalue weighted by Gasteiger charge is -2.14. The lowest BCUT2D eigenvalue weighted by molar-refractivity contribution is 0.460. The van der Waals surface area contributed by atoms with E-state index in [0.29, 0.717) is 11.6 Å². The molecule has 0 fully saturated rings. The third kappa shape index (κ3) is 3.00. The second-order valence-corrected chi connectivity index (χ2v) is 4.51. The van der Waals surface area contributed by atoms with Gasteiger partial charge in [-0.05, 0) is 25.1 Å². The van der Waals surface area contributed by atoms with Gasteiger partial charge in [0.25, 0.3) is 0 Å². The molecule has 0 aliphatic rings. The molecule has 1 aromatic carbocycles. The minimum Gasteiger partial charge on any atom is -0.506 e. The maximum atomic E-state index is 9.79. The molecule has 0 aliphatic heterocycles. The van der Waals surface area contributed by atoms with Crippen LogP contribution in [0.15, 0.2) is 42.6 Å². The Hall–Kier alpha value is -1.58. The van der Waals surface area contributed by atoms with Crippen LogP contribution in [0.25, 0.3) is 0 Å². The molecule has 0 saturated heterocycles. The van der Waals surface area contributed by atoms with E-state index in [-0.39, 0.29) is 11.8 Å². The molecule has 1 heterocycles.